The molecule has 0 aromatic heterocycles. The number of anilines is 1. The van der Waals surface area contributed by atoms with Gasteiger partial charge >= 0.3 is 12.1 Å². The first kappa shape index (κ1) is 44.1. The lowest BCUT2D eigenvalue weighted by Crippen LogP contribution is -2.55. The second kappa shape index (κ2) is 19.4. The van der Waals surface area contributed by atoms with Crippen LogP contribution >= 0.6 is 22.6 Å². The number of nitrogens with one attached hydrogen (secondary N) is 2. The number of carbonyl (C=O) groups excluding carboxylic acids is 3. The number of ether oxygens (including phenoxy) is 3. The van der Waals surface area contributed by atoms with Crippen LogP contribution in [-0.2, 0) is 20.7 Å². The summed E-state index contributed by atoms with van der Waals surface area (Å²) in [5.41, 5.74) is 2.18. The molecule has 0 unspecified atom stereocenters. The van der Waals surface area contributed by atoms with Crippen molar-refractivity contribution in [1.29, 1.82) is 0 Å². The van der Waals surface area contributed by atoms with E-state index in [0.717, 1.165) is 9.13 Å². The third-order valence-electron chi connectivity index (χ3n) is 10.6. The third-order valence-corrected chi connectivity index (χ3v) is 11.5. The highest BCUT2D eigenvalue weighted by atomic mass is 127. The van der Waals surface area contributed by atoms with E-state index in [9.17, 15) is 39.3 Å². The number of nitrogens with zero attached hydrogens (tertiary/aromatic N) is 1. The van der Waals surface area contributed by atoms with Gasteiger partial charge in [0, 0.05) is 59.8 Å². The maximum absolute atomic E-state index is 13.7. The van der Waals surface area contributed by atoms with Crippen LogP contribution in [0.1, 0.15) is 29.3 Å². The van der Waals surface area contributed by atoms with Gasteiger partial charge < -0.3 is 44.2 Å². The van der Waals surface area contributed by atoms with Crippen molar-refractivity contribution in [2.45, 2.75) is 38.0 Å². The first-order chi connectivity index (χ1) is 30.3. The zero-order valence-corrected chi connectivity index (χ0v) is 36.2. The number of rotatable bonds is 14. The number of hydrogen-bond donors (Lipinski definition) is 5. The van der Waals surface area contributed by atoms with Gasteiger partial charge in [-0.3, -0.25) is 19.7 Å². The van der Waals surface area contributed by atoms with Crippen molar-refractivity contribution >= 4 is 63.1 Å². The highest BCUT2D eigenvalue weighted by molar-refractivity contribution is 14.1. The molecule has 3 amide bonds. The van der Waals surface area contributed by atoms with Crippen LogP contribution in [-0.4, -0.2) is 89.2 Å². The summed E-state index contributed by atoms with van der Waals surface area (Å²) >= 11 is 2.11. The number of aromatic carboxylic acids is 1. The molecule has 4 aromatic rings. The molecule has 0 spiro atoms. The number of carboxylic acids is 1. The van der Waals surface area contributed by atoms with E-state index in [1.54, 1.807) is 30.2 Å². The predicted molar refractivity (Wildman–Crippen MR) is 241 cm³/mol. The van der Waals surface area contributed by atoms with Crippen LogP contribution in [0, 0.1) is 3.57 Å². The average molecular weight is 968 g/mol. The lowest BCUT2D eigenvalue weighted by Gasteiger charge is -2.40. The van der Waals surface area contributed by atoms with E-state index in [0.29, 0.717) is 34.4 Å². The van der Waals surface area contributed by atoms with Gasteiger partial charge in [-0.25, -0.2) is 9.59 Å². The number of aliphatic hydroxyl groups excluding tert-OH is 1. The maximum atomic E-state index is 13.7. The molecule has 1 heterocycles. The Bertz CT molecular complexity index is 2770. The summed E-state index contributed by atoms with van der Waals surface area (Å²) in [6, 6.07) is 26.7. The summed E-state index contributed by atoms with van der Waals surface area (Å²) in [5, 5.41) is 37.8. The van der Waals surface area contributed by atoms with Crippen molar-refractivity contribution in [3.63, 3.8) is 0 Å². The van der Waals surface area contributed by atoms with Gasteiger partial charge in [-0.15, -0.1) is 0 Å². The molecule has 7 rings (SSSR count). The second-order valence-electron chi connectivity index (χ2n) is 14.7. The summed E-state index contributed by atoms with van der Waals surface area (Å²) in [6.07, 6.45) is -1.07. The first-order valence-corrected chi connectivity index (χ1v) is 20.9. The number of aliphatic hydroxyl groups is 1. The molecule has 4 aromatic carbocycles. The number of carbonyl (C=O) groups is 4. The fraction of sp³-hybridized carbons (Fsp3) is 0.213. The Morgan fingerprint density at radius 1 is 0.937 bits per heavy atom. The Balaban J connectivity index is 1.03. The number of methoxy groups -OCH3 is 1. The van der Waals surface area contributed by atoms with Crippen LogP contribution in [0.15, 0.2) is 124 Å². The second-order valence-corrected chi connectivity index (χ2v) is 15.8. The maximum Gasteiger partial charge on any atom is 0.411 e. The van der Waals surface area contributed by atoms with Crippen molar-refractivity contribution in [3.8, 4) is 39.7 Å². The molecular formula is C47H42IN3O12. The van der Waals surface area contributed by atoms with Crippen LogP contribution in [0.25, 0.3) is 33.4 Å². The number of phenols is 1. The molecular weight excluding hydrogens is 925 g/mol. The third kappa shape index (κ3) is 10.2. The van der Waals surface area contributed by atoms with Crippen LogP contribution in [0.4, 0.5) is 10.5 Å². The minimum absolute atomic E-state index is 0.0190. The summed E-state index contributed by atoms with van der Waals surface area (Å²) in [4.78, 5) is 66.0. The number of halogens is 1. The van der Waals surface area contributed by atoms with E-state index >= 15 is 0 Å². The van der Waals surface area contributed by atoms with Crippen molar-refractivity contribution in [3.05, 3.63) is 140 Å². The molecule has 2 aliphatic carbocycles. The van der Waals surface area contributed by atoms with Crippen molar-refractivity contribution in [1.82, 2.24) is 10.2 Å². The number of amides is 3. The van der Waals surface area contributed by atoms with Crippen LogP contribution in [0.2, 0.25) is 0 Å². The SMILES string of the molecule is COc1cccc(CCN(C(C)=O)[C@@H]2CC(C(=O)NCCOC(=O)Nc3ccc(-c4c5ccc(=O)cc-5oc5cc(O)ccc45)c(C(=O)O)c3)=C[C@H](Oc3ccccc3I)[C@H]2O)c1. The van der Waals surface area contributed by atoms with Gasteiger partial charge in [0.1, 0.15) is 47.4 Å². The summed E-state index contributed by atoms with van der Waals surface area (Å²) < 4.78 is 23.6. The topological polar surface area (TPSA) is 214 Å². The molecule has 0 saturated carbocycles. The van der Waals surface area contributed by atoms with Gasteiger partial charge in [-0.2, -0.15) is 0 Å². The van der Waals surface area contributed by atoms with Gasteiger partial charge in [-0.05, 0) is 107 Å². The number of benzene rings is 5. The van der Waals surface area contributed by atoms with E-state index in [4.69, 9.17) is 18.6 Å². The highest BCUT2D eigenvalue weighted by Gasteiger charge is 2.40. The van der Waals surface area contributed by atoms with Crippen LogP contribution < -0.4 is 25.5 Å². The number of aromatic hydroxyl groups is 1. The minimum Gasteiger partial charge on any atom is -0.508 e. The molecule has 0 saturated heterocycles. The van der Waals surface area contributed by atoms with E-state index in [2.05, 4.69) is 33.2 Å². The largest absolute Gasteiger partial charge is 0.508 e. The molecule has 0 bridgehead atoms. The Labute approximate surface area is 374 Å². The molecule has 324 valence electrons. The number of fused-ring (bicyclic) bond motifs is 2. The summed E-state index contributed by atoms with van der Waals surface area (Å²) in [5.74, 6) is -0.838. The molecule has 1 aliphatic heterocycles. The van der Waals surface area contributed by atoms with Crippen LogP contribution in [0.5, 0.6) is 17.2 Å². The minimum atomic E-state index is -1.30. The molecule has 3 atom stereocenters. The monoisotopic (exact) mass is 967 g/mol. The van der Waals surface area contributed by atoms with E-state index in [1.165, 1.54) is 61.5 Å². The van der Waals surface area contributed by atoms with Gasteiger partial charge in [-0.1, -0.05) is 30.3 Å². The average Bonchev–Trinajstić information content (AvgIpc) is 3.26. The Hall–Kier alpha value is -6.92. The van der Waals surface area contributed by atoms with Crippen molar-refractivity contribution in [2.24, 2.45) is 0 Å². The number of hydrogen-bond acceptors (Lipinski definition) is 11. The number of carboxylic acid groups (broad SMARTS) is 1. The lowest BCUT2D eigenvalue weighted by atomic mass is 9.88. The highest BCUT2D eigenvalue weighted by Crippen LogP contribution is 2.42. The van der Waals surface area contributed by atoms with Gasteiger partial charge in [0.2, 0.25) is 11.8 Å². The molecule has 0 radical (unpaired) electrons. The Morgan fingerprint density at radius 2 is 1.73 bits per heavy atom. The normalized spacial score (nSPS) is 15.9. The van der Waals surface area contributed by atoms with Gasteiger partial charge in [0.05, 0.1) is 28.8 Å². The standard InChI is InChI=1S/C47H42IN3O12/c1-26(52)51(18-16-27-6-5-7-32(20-27)60-2)38-21-28(22-42(44(38)55)62-39-9-4-3-8-37(39)48)45(56)49-17-19-61-47(59)50-29-10-13-33(36(23-29)46(57)58)43-34-14-11-30(53)24-40(34)63-41-25-31(54)12-15-35(41)43/h3-15,20,22-25,38,42,44,53,55H,16-19,21H2,1-2H3,(H,49,56)(H,50,59)(H,57,58)/t38-,42+,44+/m1/s1. The van der Waals surface area contributed by atoms with E-state index in [1.807, 2.05) is 36.4 Å². The number of para-hydroxylation sites is 1. The molecule has 16 heteroatoms. The lowest BCUT2D eigenvalue weighted by molar-refractivity contribution is -0.136. The summed E-state index contributed by atoms with van der Waals surface area (Å²) in [6.45, 7) is 1.29. The van der Waals surface area contributed by atoms with Crippen LogP contribution in [0.3, 0.4) is 0 Å². The molecule has 5 N–H and O–H groups in total. The molecule has 0 fully saturated rings. The van der Waals surface area contributed by atoms with E-state index in [-0.39, 0.29) is 76.9 Å². The zero-order valence-electron chi connectivity index (χ0n) is 34.0. The Kier molecular flexibility index (Phi) is 13.6. The summed E-state index contributed by atoms with van der Waals surface area (Å²) in [7, 11) is 1.57. The Morgan fingerprint density at radius 3 is 2.49 bits per heavy atom. The quantitative estimate of drug-likeness (QED) is 0.0431. The zero-order chi connectivity index (χ0) is 44.8. The molecule has 3 aliphatic rings. The first-order valence-electron chi connectivity index (χ1n) is 19.8. The van der Waals surface area contributed by atoms with Crippen molar-refractivity contribution in [2.75, 3.05) is 32.1 Å². The van der Waals surface area contributed by atoms with Gasteiger partial charge in [0.15, 0.2) is 5.43 Å². The van der Waals surface area contributed by atoms with E-state index < -0.39 is 36.2 Å². The fourth-order valence-electron chi connectivity index (χ4n) is 7.56. The smallest absolute Gasteiger partial charge is 0.411 e. The molecule has 63 heavy (non-hydrogen) atoms. The van der Waals surface area contributed by atoms with Gasteiger partial charge in [0.25, 0.3) is 0 Å². The fourth-order valence-corrected chi connectivity index (χ4v) is 8.07. The molecule has 15 nitrogen and oxygen atoms in total. The van der Waals surface area contributed by atoms with Crippen molar-refractivity contribution < 1.29 is 53.1 Å². The number of phenolic OH excluding ortho intramolecular Hbond substituents is 1. The predicted octanol–water partition coefficient (Wildman–Crippen LogP) is 6.84.